The molecule has 10 nitrogen and oxygen atoms in total. The van der Waals surface area contributed by atoms with E-state index in [0.29, 0.717) is 12.8 Å². The highest BCUT2D eigenvalue weighted by molar-refractivity contribution is 7.47. The third-order valence-electron chi connectivity index (χ3n) is 8.32. The third kappa shape index (κ3) is 35.0. The summed E-state index contributed by atoms with van der Waals surface area (Å²) in [4.78, 5) is 34.4. The Kier molecular flexibility index (Phi) is 35.2. The average Bonchev–Trinajstić information content (AvgIpc) is 3.12. The second-order valence-corrected chi connectivity index (χ2v) is 14.7. The molecule has 0 saturated carbocycles. The molecule has 3 N–H and O–H groups in total. The van der Waals surface area contributed by atoms with Crippen LogP contribution in [-0.2, 0) is 32.7 Å². The first kappa shape index (κ1) is 49.2. The lowest BCUT2D eigenvalue weighted by Crippen LogP contribution is -2.28. The molecule has 0 amide bonds. The van der Waals surface area contributed by atoms with Crippen molar-refractivity contribution in [3.8, 4) is 0 Å². The standard InChI is InChI=1S/C40H73O10P/c1-3-5-7-9-11-13-15-17-18-20-22-24-26-28-30-32-40(44)50-38(34-42)36-48-51(45,46)47-35-37(33-41)49-39(43)31-29-27-25-23-21-19-16-14-12-10-8-6-4-2/h11,13-14,16-18,37-38,41-42H,3-10,12,15,19-36H2,1-2H3,(H,45,46)/b13-11-,16-14-,18-17-. The van der Waals surface area contributed by atoms with Crippen LogP contribution in [-0.4, -0.2) is 65.7 Å². The smallest absolute Gasteiger partial charge is 0.457 e. The first-order valence-electron chi connectivity index (χ1n) is 19.9. The van der Waals surface area contributed by atoms with Crippen molar-refractivity contribution >= 4 is 19.8 Å². The van der Waals surface area contributed by atoms with Gasteiger partial charge in [0.1, 0.15) is 12.2 Å². The molecule has 0 aromatic rings. The number of phosphoric ester groups is 1. The first-order chi connectivity index (χ1) is 24.8. The van der Waals surface area contributed by atoms with E-state index in [1.807, 2.05) is 0 Å². The maximum Gasteiger partial charge on any atom is 0.472 e. The fourth-order valence-electron chi connectivity index (χ4n) is 5.20. The van der Waals surface area contributed by atoms with Gasteiger partial charge < -0.3 is 24.6 Å². The maximum absolute atomic E-state index is 12.3. The predicted octanol–water partition coefficient (Wildman–Crippen LogP) is 10.00. The average molecular weight is 745 g/mol. The van der Waals surface area contributed by atoms with E-state index in [4.69, 9.17) is 18.5 Å². The molecular weight excluding hydrogens is 671 g/mol. The van der Waals surface area contributed by atoms with E-state index >= 15 is 0 Å². The van der Waals surface area contributed by atoms with Gasteiger partial charge in [-0.25, -0.2) is 4.57 Å². The predicted molar refractivity (Wildman–Crippen MR) is 205 cm³/mol. The number of aliphatic hydroxyl groups is 2. The molecule has 0 aromatic heterocycles. The van der Waals surface area contributed by atoms with Gasteiger partial charge in [0.2, 0.25) is 0 Å². The van der Waals surface area contributed by atoms with Crippen molar-refractivity contribution in [2.75, 3.05) is 26.4 Å². The molecule has 0 heterocycles. The summed E-state index contributed by atoms with van der Waals surface area (Å²) in [6.07, 6.45) is 35.4. The van der Waals surface area contributed by atoms with Crippen molar-refractivity contribution in [3.63, 3.8) is 0 Å². The van der Waals surface area contributed by atoms with Gasteiger partial charge in [-0.3, -0.25) is 18.6 Å². The summed E-state index contributed by atoms with van der Waals surface area (Å²) < 4.78 is 32.4. The Morgan fingerprint density at radius 3 is 1.27 bits per heavy atom. The van der Waals surface area contributed by atoms with Crippen LogP contribution in [0.15, 0.2) is 36.5 Å². The molecule has 51 heavy (non-hydrogen) atoms. The van der Waals surface area contributed by atoms with Gasteiger partial charge in [0.05, 0.1) is 26.4 Å². The molecule has 0 aliphatic heterocycles. The van der Waals surface area contributed by atoms with Crippen LogP contribution >= 0.6 is 7.82 Å². The van der Waals surface area contributed by atoms with Crippen LogP contribution in [0.3, 0.4) is 0 Å². The van der Waals surface area contributed by atoms with Crippen LogP contribution in [0.1, 0.15) is 168 Å². The van der Waals surface area contributed by atoms with Crippen LogP contribution in [0, 0.1) is 0 Å². The Morgan fingerprint density at radius 2 is 0.863 bits per heavy atom. The SMILES string of the molecule is CCCCC/C=C\C/C=C\CCCCCCCC(=O)OC(CO)COP(=O)(O)OCC(CO)OC(=O)CCCCCCC/C=C\CCCCCC. The molecule has 11 heteroatoms. The van der Waals surface area contributed by atoms with E-state index in [1.165, 1.54) is 44.9 Å². The highest BCUT2D eigenvalue weighted by Crippen LogP contribution is 2.43. The van der Waals surface area contributed by atoms with Gasteiger partial charge in [-0.15, -0.1) is 0 Å². The van der Waals surface area contributed by atoms with Crippen molar-refractivity contribution in [2.24, 2.45) is 0 Å². The number of carbonyl (C=O) groups is 2. The molecule has 298 valence electrons. The number of ether oxygens (including phenoxy) is 2. The number of allylic oxidation sites excluding steroid dienone is 6. The minimum absolute atomic E-state index is 0.175. The Hall–Kier alpha value is -1.81. The zero-order valence-corrected chi connectivity index (χ0v) is 33.0. The largest absolute Gasteiger partial charge is 0.472 e. The van der Waals surface area contributed by atoms with Crippen LogP contribution < -0.4 is 0 Å². The summed E-state index contributed by atoms with van der Waals surface area (Å²) in [7, 11) is -4.64. The molecule has 0 rings (SSSR count). The molecule has 3 unspecified atom stereocenters. The molecule has 0 radical (unpaired) electrons. The first-order valence-corrected chi connectivity index (χ1v) is 21.4. The van der Waals surface area contributed by atoms with E-state index in [2.05, 4.69) is 50.3 Å². The minimum atomic E-state index is -4.64. The Balaban J connectivity index is 4.00. The fraction of sp³-hybridized carbons (Fsp3) is 0.800. The number of hydrogen-bond acceptors (Lipinski definition) is 9. The number of unbranched alkanes of at least 4 members (excludes halogenated alkanes) is 17. The van der Waals surface area contributed by atoms with E-state index in [-0.39, 0.29) is 12.8 Å². The number of carbonyl (C=O) groups excluding carboxylic acids is 2. The van der Waals surface area contributed by atoms with Gasteiger partial charge >= 0.3 is 19.8 Å². The molecule has 0 aliphatic carbocycles. The Labute approximate surface area is 310 Å². The normalized spacial score (nSPS) is 14.4. The fourth-order valence-corrected chi connectivity index (χ4v) is 5.98. The number of phosphoric acid groups is 1. The zero-order chi connectivity index (χ0) is 37.7. The summed E-state index contributed by atoms with van der Waals surface area (Å²) in [5, 5.41) is 19.1. The Bertz CT molecular complexity index is 952. The number of esters is 2. The van der Waals surface area contributed by atoms with Crippen molar-refractivity contribution in [3.05, 3.63) is 36.5 Å². The van der Waals surface area contributed by atoms with Crippen LogP contribution in [0.5, 0.6) is 0 Å². The van der Waals surface area contributed by atoms with E-state index < -0.39 is 58.4 Å². The summed E-state index contributed by atoms with van der Waals surface area (Å²) in [6, 6.07) is 0. The van der Waals surface area contributed by atoms with Gasteiger partial charge in [-0.1, -0.05) is 121 Å². The maximum atomic E-state index is 12.3. The van der Waals surface area contributed by atoms with Gasteiger partial charge in [0.15, 0.2) is 0 Å². The molecule has 0 fully saturated rings. The lowest BCUT2D eigenvalue weighted by molar-refractivity contribution is -0.153. The topological polar surface area (TPSA) is 149 Å². The molecule has 3 atom stereocenters. The molecule has 0 bridgehead atoms. The monoisotopic (exact) mass is 744 g/mol. The highest BCUT2D eigenvalue weighted by atomic mass is 31.2. The quantitative estimate of drug-likeness (QED) is 0.0243. The summed E-state index contributed by atoms with van der Waals surface area (Å²) in [5.74, 6) is -1.04. The zero-order valence-electron chi connectivity index (χ0n) is 32.1. The molecular formula is C40H73O10P. The lowest BCUT2D eigenvalue weighted by atomic mass is 10.1. The molecule has 0 saturated heterocycles. The third-order valence-corrected chi connectivity index (χ3v) is 9.28. The van der Waals surface area contributed by atoms with E-state index in [9.17, 15) is 29.3 Å². The molecule has 0 aromatic carbocycles. The van der Waals surface area contributed by atoms with Crippen molar-refractivity contribution in [1.82, 2.24) is 0 Å². The van der Waals surface area contributed by atoms with Gasteiger partial charge in [0.25, 0.3) is 0 Å². The highest BCUT2D eigenvalue weighted by Gasteiger charge is 2.27. The van der Waals surface area contributed by atoms with Crippen LogP contribution in [0.2, 0.25) is 0 Å². The van der Waals surface area contributed by atoms with Gasteiger partial charge in [-0.2, -0.15) is 0 Å². The van der Waals surface area contributed by atoms with E-state index in [1.54, 1.807) is 0 Å². The van der Waals surface area contributed by atoms with Crippen molar-refractivity contribution < 1.29 is 47.8 Å². The van der Waals surface area contributed by atoms with E-state index in [0.717, 1.165) is 83.5 Å². The van der Waals surface area contributed by atoms with Gasteiger partial charge in [0, 0.05) is 12.8 Å². The number of hydrogen-bond donors (Lipinski definition) is 3. The summed E-state index contributed by atoms with van der Waals surface area (Å²) in [5.41, 5.74) is 0. The van der Waals surface area contributed by atoms with Crippen LogP contribution in [0.25, 0.3) is 0 Å². The second kappa shape index (κ2) is 36.5. The summed E-state index contributed by atoms with van der Waals surface area (Å²) in [6.45, 7) is 2.12. The summed E-state index contributed by atoms with van der Waals surface area (Å²) >= 11 is 0. The lowest BCUT2D eigenvalue weighted by Gasteiger charge is -2.20. The molecule has 0 aliphatic rings. The van der Waals surface area contributed by atoms with Crippen molar-refractivity contribution in [1.29, 1.82) is 0 Å². The number of rotatable bonds is 37. The molecule has 0 spiro atoms. The number of aliphatic hydroxyl groups excluding tert-OH is 2. The minimum Gasteiger partial charge on any atom is -0.457 e. The van der Waals surface area contributed by atoms with Crippen LogP contribution in [0.4, 0.5) is 0 Å². The Morgan fingerprint density at radius 1 is 0.529 bits per heavy atom. The van der Waals surface area contributed by atoms with Gasteiger partial charge in [-0.05, 0) is 70.6 Å². The van der Waals surface area contributed by atoms with Crippen molar-refractivity contribution in [2.45, 2.75) is 180 Å². The second-order valence-electron chi connectivity index (χ2n) is 13.3.